The monoisotopic (exact) mass is 466 g/mol. The first-order valence-electron chi connectivity index (χ1n) is 6.52. The van der Waals surface area contributed by atoms with Gasteiger partial charge in [0, 0.05) is 18.3 Å². The van der Waals surface area contributed by atoms with Crippen LogP contribution < -0.4 is 48.0 Å². The predicted molar refractivity (Wildman–Crippen MR) is 64.5 cm³/mol. The lowest BCUT2D eigenvalue weighted by molar-refractivity contribution is -0.909. The molecular formula is C13H28I2N2. The molecule has 1 heterocycles. The highest BCUT2D eigenvalue weighted by Gasteiger charge is 2.47. The molecule has 0 radical (unpaired) electrons. The highest BCUT2D eigenvalue weighted by molar-refractivity contribution is 4.85. The zero-order valence-electron chi connectivity index (χ0n) is 11.8. The lowest BCUT2D eigenvalue weighted by Crippen LogP contribution is -3.00. The molecule has 2 aliphatic rings. The molecule has 0 N–H and O–H groups in total. The Balaban J connectivity index is 0.00000128. The molecule has 2 unspecified atom stereocenters. The molecule has 0 spiro atoms. The molecule has 1 saturated heterocycles. The lowest BCUT2D eigenvalue weighted by Gasteiger charge is -2.31. The van der Waals surface area contributed by atoms with E-state index < -0.39 is 0 Å². The summed E-state index contributed by atoms with van der Waals surface area (Å²) in [6.07, 6.45) is 4.43. The lowest BCUT2D eigenvalue weighted by atomic mass is 9.77. The van der Waals surface area contributed by atoms with Crippen LogP contribution in [0.15, 0.2) is 0 Å². The molecule has 104 valence electrons. The van der Waals surface area contributed by atoms with Crippen molar-refractivity contribution in [1.29, 1.82) is 0 Å². The summed E-state index contributed by atoms with van der Waals surface area (Å²) in [7, 11) is 9.38. The van der Waals surface area contributed by atoms with Crippen LogP contribution in [0.1, 0.15) is 19.3 Å². The first-order valence-corrected chi connectivity index (χ1v) is 6.52. The number of quaternary nitrogens is 2. The molecule has 0 aromatic heterocycles. The van der Waals surface area contributed by atoms with Crippen molar-refractivity contribution >= 4 is 0 Å². The van der Waals surface area contributed by atoms with Crippen LogP contribution in [0.3, 0.4) is 0 Å². The minimum Gasteiger partial charge on any atom is -1.00 e. The van der Waals surface area contributed by atoms with Gasteiger partial charge in [-0.05, 0) is 12.8 Å². The first kappa shape index (κ1) is 18.4. The minimum absolute atomic E-state index is 0. The molecule has 2 atom stereocenters. The standard InChI is InChI=1S/C13H28N2.2HI/c1-14(2,3)8-5-9-15(4)10-12-6-7-13(12)11-15;;/h12-13H,5-11H2,1-4H3;2*1H/q+2;;/p-2. The van der Waals surface area contributed by atoms with Crippen LogP contribution in [0.2, 0.25) is 0 Å². The molecule has 2 fully saturated rings. The van der Waals surface area contributed by atoms with E-state index in [9.17, 15) is 0 Å². The van der Waals surface area contributed by atoms with Crippen molar-refractivity contribution in [2.75, 3.05) is 54.4 Å². The minimum atomic E-state index is 0. The topological polar surface area (TPSA) is 0 Å². The maximum Gasteiger partial charge on any atom is 0.0839 e. The van der Waals surface area contributed by atoms with E-state index in [1.807, 2.05) is 0 Å². The average Bonchev–Trinajstić information content (AvgIpc) is 2.27. The fourth-order valence-electron chi connectivity index (χ4n) is 3.43. The number of likely N-dealkylation sites (tertiary alicyclic amines) is 1. The highest BCUT2D eigenvalue weighted by Crippen LogP contribution is 2.43. The second kappa shape index (κ2) is 6.70. The van der Waals surface area contributed by atoms with E-state index in [1.54, 1.807) is 0 Å². The van der Waals surface area contributed by atoms with Crippen molar-refractivity contribution in [2.24, 2.45) is 11.8 Å². The molecule has 17 heavy (non-hydrogen) atoms. The van der Waals surface area contributed by atoms with Crippen molar-refractivity contribution in [2.45, 2.75) is 19.3 Å². The molecule has 4 heteroatoms. The maximum atomic E-state index is 2.48. The van der Waals surface area contributed by atoms with Crippen molar-refractivity contribution in [3.63, 3.8) is 0 Å². The van der Waals surface area contributed by atoms with Crippen LogP contribution in [0, 0.1) is 11.8 Å². The van der Waals surface area contributed by atoms with Crippen LogP contribution in [0.5, 0.6) is 0 Å². The van der Waals surface area contributed by atoms with E-state index >= 15 is 0 Å². The number of hydrogen-bond donors (Lipinski definition) is 0. The van der Waals surface area contributed by atoms with E-state index in [0.29, 0.717) is 0 Å². The molecule has 1 aliphatic heterocycles. The zero-order valence-corrected chi connectivity index (χ0v) is 16.1. The van der Waals surface area contributed by atoms with Gasteiger partial charge < -0.3 is 56.9 Å². The molecule has 0 aromatic rings. The van der Waals surface area contributed by atoms with Crippen LogP contribution in [0.4, 0.5) is 0 Å². The van der Waals surface area contributed by atoms with E-state index in [4.69, 9.17) is 0 Å². The van der Waals surface area contributed by atoms with Gasteiger partial charge in [-0.25, -0.2) is 0 Å². The maximum absolute atomic E-state index is 2.48. The number of nitrogens with zero attached hydrogens (tertiary/aromatic N) is 2. The summed E-state index contributed by atoms with van der Waals surface area (Å²) in [5, 5.41) is 0. The second-order valence-corrected chi connectivity index (χ2v) is 7.17. The fraction of sp³-hybridized carbons (Fsp3) is 1.00. The Labute approximate surface area is 141 Å². The summed E-state index contributed by atoms with van der Waals surface area (Å²) in [6, 6.07) is 0. The van der Waals surface area contributed by atoms with E-state index in [2.05, 4.69) is 28.2 Å². The first-order chi connectivity index (χ1) is 6.88. The Morgan fingerprint density at radius 2 is 1.47 bits per heavy atom. The quantitative estimate of drug-likeness (QED) is 0.290. The Kier molecular flexibility index (Phi) is 7.24. The normalized spacial score (nSPS) is 35.3. The van der Waals surface area contributed by atoms with Gasteiger partial charge in [0.25, 0.3) is 0 Å². The van der Waals surface area contributed by atoms with Gasteiger partial charge in [-0.1, -0.05) is 0 Å². The Morgan fingerprint density at radius 3 is 1.82 bits per heavy atom. The third kappa shape index (κ3) is 5.10. The van der Waals surface area contributed by atoms with E-state index in [-0.39, 0.29) is 48.0 Å². The molecule has 0 bridgehead atoms. The van der Waals surface area contributed by atoms with E-state index in [0.717, 1.165) is 16.3 Å². The molecular weight excluding hydrogens is 438 g/mol. The summed E-state index contributed by atoms with van der Waals surface area (Å²) in [6.45, 7) is 5.68. The highest BCUT2D eigenvalue weighted by atomic mass is 127. The van der Waals surface area contributed by atoms with Gasteiger partial charge in [0.05, 0.1) is 54.4 Å². The average molecular weight is 466 g/mol. The molecule has 2 rings (SSSR count). The molecule has 0 amide bonds. The van der Waals surface area contributed by atoms with E-state index in [1.165, 1.54) is 49.9 Å². The molecule has 1 saturated carbocycles. The summed E-state index contributed by atoms with van der Waals surface area (Å²) < 4.78 is 2.49. The van der Waals surface area contributed by atoms with Crippen LogP contribution >= 0.6 is 0 Å². The predicted octanol–water partition coefficient (Wildman–Crippen LogP) is -4.42. The number of fused-ring (bicyclic) bond motifs is 1. The van der Waals surface area contributed by atoms with Gasteiger partial charge in [-0.15, -0.1) is 0 Å². The largest absolute Gasteiger partial charge is 1.00 e. The van der Waals surface area contributed by atoms with Gasteiger partial charge in [-0.3, -0.25) is 0 Å². The van der Waals surface area contributed by atoms with Crippen molar-refractivity contribution < 1.29 is 56.9 Å². The van der Waals surface area contributed by atoms with Gasteiger partial charge in [-0.2, -0.15) is 0 Å². The van der Waals surface area contributed by atoms with Gasteiger partial charge >= 0.3 is 0 Å². The Bertz CT molecular complexity index is 226. The van der Waals surface area contributed by atoms with Crippen molar-refractivity contribution in [1.82, 2.24) is 0 Å². The Morgan fingerprint density at radius 1 is 1.00 bits per heavy atom. The Hall–Kier alpha value is 1.38. The van der Waals surface area contributed by atoms with Gasteiger partial charge in [0.2, 0.25) is 0 Å². The molecule has 1 aliphatic carbocycles. The molecule has 0 aromatic carbocycles. The molecule has 2 nitrogen and oxygen atoms in total. The van der Waals surface area contributed by atoms with Crippen LogP contribution in [-0.2, 0) is 0 Å². The zero-order chi connectivity index (χ0) is 11.1. The van der Waals surface area contributed by atoms with Crippen molar-refractivity contribution in [3.05, 3.63) is 0 Å². The summed E-state index contributed by atoms with van der Waals surface area (Å²) in [5.41, 5.74) is 0. The number of hydrogen-bond acceptors (Lipinski definition) is 0. The van der Waals surface area contributed by atoms with Crippen molar-refractivity contribution in [3.8, 4) is 0 Å². The third-order valence-electron chi connectivity index (χ3n) is 4.45. The van der Waals surface area contributed by atoms with Crippen LogP contribution in [0.25, 0.3) is 0 Å². The number of halogens is 2. The summed E-state index contributed by atoms with van der Waals surface area (Å²) in [4.78, 5) is 0. The second-order valence-electron chi connectivity index (χ2n) is 7.17. The SMILES string of the molecule is C[N+](C)(C)CCC[N+]1(C)CC2CCC2C1.[I-].[I-]. The summed E-state index contributed by atoms with van der Waals surface area (Å²) >= 11 is 0. The van der Waals surface area contributed by atoms with Gasteiger partial charge in [0.15, 0.2) is 0 Å². The number of rotatable bonds is 4. The fourth-order valence-corrected chi connectivity index (χ4v) is 3.43. The third-order valence-corrected chi connectivity index (χ3v) is 4.45. The van der Waals surface area contributed by atoms with Crippen LogP contribution in [-0.4, -0.2) is 63.3 Å². The summed E-state index contributed by atoms with van der Waals surface area (Å²) in [5.74, 6) is 2.19. The van der Waals surface area contributed by atoms with Gasteiger partial charge in [0.1, 0.15) is 0 Å². The smallest absolute Gasteiger partial charge is 0.0839 e.